The second-order valence-corrected chi connectivity index (χ2v) is 6.99. The van der Waals surface area contributed by atoms with Gasteiger partial charge < -0.3 is 20.1 Å². The summed E-state index contributed by atoms with van der Waals surface area (Å²) in [5, 5.41) is 23.5. The molecule has 2 aliphatic heterocycles. The Morgan fingerprint density at radius 1 is 1.44 bits per heavy atom. The summed E-state index contributed by atoms with van der Waals surface area (Å²) >= 11 is 0. The molecule has 0 bridgehead atoms. The first-order valence-corrected chi connectivity index (χ1v) is 9.28. The second-order valence-electron chi connectivity index (χ2n) is 6.99. The average molecular weight is 453 g/mol. The average Bonchev–Trinajstić information content (AvgIpc) is 3.47. The van der Waals surface area contributed by atoms with E-state index in [1.165, 1.54) is 10.9 Å². The van der Waals surface area contributed by atoms with Gasteiger partial charge in [0.25, 0.3) is 5.91 Å². The van der Waals surface area contributed by atoms with Crippen LogP contribution in [0.2, 0.25) is 0 Å². The Bertz CT molecular complexity index is 1050. The highest BCUT2D eigenvalue weighted by Gasteiger charge is 2.39. The molecule has 0 unspecified atom stereocenters. The number of nitrogens with zero attached hydrogens (tertiary/aromatic N) is 6. The predicted octanol–water partition coefficient (Wildman–Crippen LogP) is 0.500. The molecule has 4 heterocycles. The molecule has 1 fully saturated rings. The van der Waals surface area contributed by atoms with Crippen LogP contribution >= 0.6 is 0 Å². The lowest BCUT2D eigenvalue weighted by atomic mass is 10.1. The highest BCUT2D eigenvalue weighted by molar-refractivity contribution is 5.96. The van der Waals surface area contributed by atoms with Gasteiger partial charge in [0.05, 0.1) is 43.0 Å². The van der Waals surface area contributed by atoms with Crippen LogP contribution in [0, 0.1) is 11.3 Å². The summed E-state index contributed by atoms with van der Waals surface area (Å²) in [6.07, 6.45) is 0.350. The number of carboxylic acid groups (broad SMARTS) is 1. The molecule has 0 saturated carbocycles. The Hall–Kier alpha value is -3.57. The largest absolute Gasteiger partial charge is 0.490 e. The first-order chi connectivity index (χ1) is 15.1. The number of rotatable bonds is 4. The van der Waals surface area contributed by atoms with E-state index in [-0.39, 0.29) is 18.0 Å². The van der Waals surface area contributed by atoms with Crippen LogP contribution in [0.1, 0.15) is 28.2 Å². The van der Waals surface area contributed by atoms with Gasteiger partial charge in [0.15, 0.2) is 11.5 Å². The van der Waals surface area contributed by atoms with Gasteiger partial charge in [-0.05, 0) is 6.42 Å². The summed E-state index contributed by atoms with van der Waals surface area (Å²) in [5.74, 6) is -2.44. The van der Waals surface area contributed by atoms with Crippen LogP contribution in [-0.2, 0) is 16.1 Å². The van der Waals surface area contributed by atoms with Gasteiger partial charge in [-0.25, -0.2) is 14.5 Å². The Kier molecular flexibility index (Phi) is 6.70. The number of carboxylic acids is 1. The third-order valence-electron chi connectivity index (χ3n) is 4.82. The first kappa shape index (κ1) is 23.1. The normalized spacial score (nSPS) is 19.8. The number of methoxy groups -OCH3 is 1. The van der Waals surface area contributed by atoms with Gasteiger partial charge in [-0.1, -0.05) is 0 Å². The third kappa shape index (κ3) is 5.01. The van der Waals surface area contributed by atoms with Crippen molar-refractivity contribution in [1.29, 1.82) is 5.26 Å². The van der Waals surface area contributed by atoms with Crippen LogP contribution in [0.4, 0.5) is 13.2 Å². The zero-order valence-corrected chi connectivity index (χ0v) is 16.7. The Morgan fingerprint density at radius 3 is 2.75 bits per heavy atom. The zero-order chi connectivity index (χ0) is 23.5. The number of aromatic nitrogens is 4. The number of amides is 1. The number of carbonyl (C=O) groups is 2. The molecule has 11 nitrogen and oxygen atoms in total. The number of alkyl halides is 3. The summed E-state index contributed by atoms with van der Waals surface area (Å²) in [6.45, 7) is 1.84. The van der Waals surface area contributed by atoms with E-state index >= 15 is 0 Å². The molecule has 4 rings (SSSR count). The van der Waals surface area contributed by atoms with Crippen molar-refractivity contribution in [3.8, 4) is 11.9 Å². The molecule has 2 N–H and O–H groups in total. The minimum absolute atomic E-state index is 0.109. The van der Waals surface area contributed by atoms with Crippen LogP contribution in [0.15, 0.2) is 18.6 Å². The van der Waals surface area contributed by atoms with Gasteiger partial charge in [-0.3, -0.25) is 9.78 Å². The van der Waals surface area contributed by atoms with E-state index in [9.17, 15) is 18.0 Å². The first-order valence-electron chi connectivity index (χ1n) is 9.28. The SMILES string of the molecule is COC[C@@H]1C[C@@H](N2Cc3ncc(-n4cc(C#N)cn4)nc3C2=O)CN1.O=C(O)C(F)(F)F. The van der Waals surface area contributed by atoms with Crippen LogP contribution in [0.5, 0.6) is 0 Å². The van der Waals surface area contributed by atoms with Crippen LogP contribution < -0.4 is 5.32 Å². The van der Waals surface area contributed by atoms with E-state index in [2.05, 4.69) is 20.4 Å². The maximum absolute atomic E-state index is 12.8. The van der Waals surface area contributed by atoms with Crippen molar-refractivity contribution in [2.75, 3.05) is 20.3 Å². The van der Waals surface area contributed by atoms with Crippen LogP contribution in [-0.4, -0.2) is 80.2 Å². The fourth-order valence-corrected chi connectivity index (χ4v) is 3.34. The van der Waals surface area contributed by atoms with E-state index in [4.69, 9.17) is 19.9 Å². The number of hydrogen-bond acceptors (Lipinski definition) is 8. The lowest BCUT2D eigenvalue weighted by Gasteiger charge is -2.22. The van der Waals surface area contributed by atoms with Gasteiger partial charge >= 0.3 is 12.1 Å². The lowest BCUT2D eigenvalue weighted by molar-refractivity contribution is -0.192. The molecule has 0 aromatic carbocycles. The third-order valence-corrected chi connectivity index (χ3v) is 4.82. The minimum Gasteiger partial charge on any atom is -0.475 e. The van der Waals surface area contributed by atoms with Crippen molar-refractivity contribution in [2.24, 2.45) is 0 Å². The van der Waals surface area contributed by atoms with Crippen LogP contribution in [0.3, 0.4) is 0 Å². The fraction of sp³-hybridized carbons (Fsp3) is 0.444. The van der Waals surface area contributed by atoms with E-state index in [1.807, 2.05) is 11.0 Å². The molecule has 1 saturated heterocycles. The van der Waals surface area contributed by atoms with E-state index in [0.29, 0.717) is 35.9 Å². The highest BCUT2D eigenvalue weighted by atomic mass is 19.4. The Labute approximate surface area is 179 Å². The quantitative estimate of drug-likeness (QED) is 0.676. The molecule has 0 aliphatic carbocycles. The molecule has 32 heavy (non-hydrogen) atoms. The smallest absolute Gasteiger partial charge is 0.475 e. The predicted molar refractivity (Wildman–Crippen MR) is 99.5 cm³/mol. The van der Waals surface area contributed by atoms with Gasteiger partial charge in [0, 0.05) is 25.7 Å². The Morgan fingerprint density at radius 2 is 2.16 bits per heavy atom. The molecule has 2 aromatic rings. The summed E-state index contributed by atoms with van der Waals surface area (Å²) in [7, 11) is 1.67. The number of hydrogen-bond donors (Lipinski definition) is 2. The number of nitrogens with one attached hydrogen (secondary N) is 1. The lowest BCUT2D eigenvalue weighted by Crippen LogP contribution is -2.37. The van der Waals surface area contributed by atoms with Gasteiger partial charge in [-0.2, -0.15) is 23.5 Å². The fourth-order valence-electron chi connectivity index (χ4n) is 3.34. The van der Waals surface area contributed by atoms with Gasteiger partial charge in [0.2, 0.25) is 0 Å². The van der Waals surface area contributed by atoms with E-state index in [1.54, 1.807) is 19.5 Å². The molecule has 2 aliphatic rings. The topological polar surface area (TPSA) is 146 Å². The molecule has 1 amide bonds. The summed E-state index contributed by atoms with van der Waals surface area (Å²) in [6, 6.07) is 2.39. The maximum Gasteiger partial charge on any atom is 0.490 e. The molecular weight excluding hydrogens is 435 g/mol. The molecule has 14 heteroatoms. The van der Waals surface area contributed by atoms with Gasteiger partial charge in [0.1, 0.15) is 6.07 Å². The van der Waals surface area contributed by atoms with Crippen molar-refractivity contribution in [3.05, 3.63) is 35.5 Å². The summed E-state index contributed by atoms with van der Waals surface area (Å²) in [5.41, 5.74) is 1.47. The van der Waals surface area contributed by atoms with Crippen molar-refractivity contribution >= 4 is 11.9 Å². The molecular formula is C18H18F3N7O4. The monoisotopic (exact) mass is 453 g/mol. The van der Waals surface area contributed by atoms with Crippen molar-refractivity contribution in [1.82, 2.24) is 30.0 Å². The van der Waals surface area contributed by atoms with Crippen molar-refractivity contribution < 1.29 is 32.6 Å². The van der Waals surface area contributed by atoms with Crippen molar-refractivity contribution in [2.45, 2.75) is 31.2 Å². The number of ether oxygens (including phenoxy) is 1. The Balaban J connectivity index is 0.000000360. The molecule has 2 aromatic heterocycles. The number of fused-ring (bicyclic) bond motifs is 1. The number of nitriles is 1. The second kappa shape index (κ2) is 9.28. The molecule has 170 valence electrons. The van der Waals surface area contributed by atoms with E-state index in [0.717, 1.165) is 13.0 Å². The zero-order valence-electron chi connectivity index (χ0n) is 16.7. The minimum atomic E-state index is -5.08. The maximum atomic E-state index is 12.8. The number of halogens is 3. The molecule has 2 atom stereocenters. The standard InChI is InChI=1S/C16H17N7O2.C2HF3O2/c1-25-9-11-2-12(5-18-11)22-8-13-15(16(22)24)21-14(6-19-13)23-7-10(3-17)4-20-23;3-2(4,5)1(6)7/h4,6-7,11-12,18H,2,5,8-9H2,1H3;(H,6,7)/t11-,12+;/m0./s1. The van der Waals surface area contributed by atoms with E-state index < -0.39 is 12.1 Å². The van der Waals surface area contributed by atoms with Crippen molar-refractivity contribution in [3.63, 3.8) is 0 Å². The van der Waals surface area contributed by atoms with Crippen LogP contribution in [0.25, 0.3) is 5.82 Å². The molecule has 0 spiro atoms. The van der Waals surface area contributed by atoms with Gasteiger partial charge in [-0.15, -0.1) is 0 Å². The number of carbonyl (C=O) groups excluding carboxylic acids is 1. The molecule has 0 radical (unpaired) electrons. The highest BCUT2D eigenvalue weighted by Crippen LogP contribution is 2.26. The number of aliphatic carboxylic acids is 1. The summed E-state index contributed by atoms with van der Waals surface area (Å²) < 4.78 is 38.4. The summed E-state index contributed by atoms with van der Waals surface area (Å²) in [4.78, 5) is 32.3.